The number of hydrogen-bond acceptors (Lipinski definition) is 2. The molecular weight excluding hydrogens is 363 g/mol. The van der Waals surface area contributed by atoms with Crippen LogP contribution in [-0.2, 0) is 4.79 Å². The molecular formula is C22H14ClFN2O. The maximum atomic E-state index is 13.2. The van der Waals surface area contributed by atoms with Crippen LogP contribution in [0.4, 0.5) is 10.1 Å². The molecule has 3 aromatic rings. The van der Waals surface area contributed by atoms with E-state index >= 15 is 0 Å². The number of rotatable bonds is 3. The Morgan fingerprint density at radius 3 is 2.26 bits per heavy atom. The summed E-state index contributed by atoms with van der Waals surface area (Å²) in [6.07, 6.45) is 1.64. The molecule has 0 aromatic heterocycles. The van der Waals surface area contributed by atoms with Gasteiger partial charge in [0.25, 0.3) is 5.91 Å². The van der Waals surface area contributed by atoms with Crippen LogP contribution in [0.1, 0.15) is 11.1 Å². The van der Waals surface area contributed by atoms with Crippen LogP contribution in [0, 0.1) is 5.82 Å². The molecule has 0 N–H and O–H groups in total. The smallest absolute Gasteiger partial charge is 0.266 e. The molecule has 0 spiro atoms. The number of carbonyl (C=O) groups is 1. The van der Waals surface area contributed by atoms with Crippen LogP contribution >= 0.6 is 11.6 Å². The van der Waals surface area contributed by atoms with Gasteiger partial charge in [0.05, 0.1) is 10.7 Å². The summed E-state index contributed by atoms with van der Waals surface area (Å²) in [5.74, 6) is -0.133. The van der Waals surface area contributed by atoms with Crippen LogP contribution in [-0.4, -0.2) is 11.7 Å². The molecule has 1 aliphatic rings. The van der Waals surface area contributed by atoms with Gasteiger partial charge in [-0.2, -0.15) is 0 Å². The van der Waals surface area contributed by atoms with Crippen LogP contribution in [0.2, 0.25) is 5.02 Å². The zero-order valence-electron chi connectivity index (χ0n) is 14.1. The van der Waals surface area contributed by atoms with Crippen molar-refractivity contribution >= 4 is 35.1 Å². The van der Waals surface area contributed by atoms with Gasteiger partial charge in [-0.15, -0.1) is 0 Å². The Morgan fingerprint density at radius 2 is 1.56 bits per heavy atom. The van der Waals surface area contributed by atoms with Crippen molar-refractivity contribution in [2.24, 2.45) is 4.99 Å². The monoisotopic (exact) mass is 376 g/mol. The van der Waals surface area contributed by atoms with E-state index in [4.69, 9.17) is 11.6 Å². The Bertz CT molecular complexity index is 1060. The van der Waals surface area contributed by atoms with Crippen molar-refractivity contribution < 1.29 is 9.18 Å². The second kappa shape index (κ2) is 7.17. The minimum Gasteiger partial charge on any atom is -0.266 e. The first-order valence-corrected chi connectivity index (χ1v) is 8.71. The van der Waals surface area contributed by atoms with E-state index in [1.165, 1.54) is 17.0 Å². The van der Waals surface area contributed by atoms with Crippen molar-refractivity contribution in [2.75, 3.05) is 4.90 Å². The fourth-order valence-electron chi connectivity index (χ4n) is 2.87. The highest BCUT2D eigenvalue weighted by Crippen LogP contribution is 2.30. The highest BCUT2D eigenvalue weighted by molar-refractivity contribution is 6.39. The third-order valence-electron chi connectivity index (χ3n) is 4.16. The van der Waals surface area contributed by atoms with Gasteiger partial charge in [0.1, 0.15) is 17.3 Å². The lowest BCUT2D eigenvalue weighted by molar-refractivity contribution is -0.113. The van der Waals surface area contributed by atoms with Crippen LogP contribution in [0.25, 0.3) is 6.08 Å². The van der Waals surface area contributed by atoms with Crippen LogP contribution < -0.4 is 4.90 Å². The lowest BCUT2D eigenvalue weighted by Gasteiger charge is -2.19. The van der Waals surface area contributed by atoms with E-state index < -0.39 is 0 Å². The van der Waals surface area contributed by atoms with E-state index in [9.17, 15) is 9.18 Å². The van der Waals surface area contributed by atoms with E-state index in [0.717, 1.165) is 0 Å². The number of anilines is 1. The summed E-state index contributed by atoms with van der Waals surface area (Å²) >= 11 is 6.35. The SMILES string of the molecule is O=C1/C(=C\c2ccc(F)cc2)N=C(c2ccccc2Cl)N1c1ccccc1. The highest BCUT2D eigenvalue weighted by atomic mass is 35.5. The fraction of sp³-hybridized carbons (Fsp3) is 0. The van der Waals surface area contributed by atoms with Gasteiger partial charge in [-0.25, -0.2) is 9.38 Å². The summed E-state index contributed by atoms with van der Waals surface area (Å²) in [5.41, 5.74) is 2.32. The predicted octanol–water partition coefficient (Wildman–Crippen LogP) is 5.31. The Balaban J connectivity index is 1.84. The molecule has 0 unspecified atom stereocenters. The quantitative estimate of drug-likeness (QED) is 0.570. The summed E-state index contributed by atoms with van der Waals surface area (Å²) < 4.78 is 13.2. The maximum absolute atomic E-state index is 13.2. The number of benzene rings is 3. The molecule has 1 amide bonds. The zero-order chi connectivity index (χ0) is 18.8. The van der Waals surface area contributed by atoms with Crippen molar-refractivity contribution in [3.63, 3.8) is 0 Å². The van der Waals surface area contributed by atoms with Crippen LogP contribution in [0.15, 0.2) is 89.6 Å². The van der Waals surface area contributed by atoms with Crippen molar-refractivity contribution in [1.82, 2.24) is 0 Å². The summed E-state index contributed by atoms with van der Waals surface area (Å²) in [6, 6.07) is 22.4. The number of amides is 1. The Hall–Kier alpha value is -3.24. The second-order valence-corrected chi connectivity index (χ2v) is 6.38. The molecule has 0 bridgehead atoms. The van der Waals surface area contributed by atoms with Gasteiger partial charge in [-0.05, 0) is 48.0 Å². The Labute approximate surface area is 161 Å². The molecule has 3 nitrogen and oxygen atoms in total. The van der Waals surface area contributed by atoms with Crippen LogP contribution in [0.5, 0.6) is 0 Å². The minimum absolute atomic E-state index is 0.263. The molecule has 1 aliphatic heterocycles. The number of para-hydroxylation sites is 1. The van der Waals surface area contributed by atoms with Crippen molar-refractivity contribution in [3.05, 3.63) is 107 Å². The van der Waals surface area contributed by atoms with Crippen LogP contribution in [0.3, 0.4) is 0 Å². The summed E-state index contributed by atoms with van der Waals surface area (Å²) in [4.78, 5) is 19.2. The van der Waals surface area contributed by atoms with E-state index in [1.54, 1.807) is 24.3 Å². The highest BCUT2D eigenvalue weighted by Gasteiger charge is 2.33. The summed E-state index contributed by atoms with van der Waals surface area (Å²) in [7, 11) is 0. The first kappa shape index (κ1) is 17.2. The molecule has 0 atom stereocenters. The molecule has 0 fully saturated rings. The third kappa shape index (κ3) is 3.39. The van der Waals surface area contributed by atoms with Gasteiger partial charge >= 0.3 is 0 Å². The lowest BCUT2D eigenvalue weighted by atomic mass is 10.1. The maximum Gasteiger partial charge on any atom is 0.282 e. The largest absolute Gasteiger partial charge is 0.282 e. The standard InChI is InChI=1S/C22H14ClFN2O/c23-19-9-5-4-8-18(19)21-25-20(14-15-10-12-16(24)13-11-15)22(27)26(21)17-6-2-1-3-7-17/h1-14H/b20-14+. The number of amidine groups is 1. The van der Waals surface area contributed by atoms with E-state index in [-0.39, 0.29) is 17.4 Å². The zero-order valence-corrected chi connectivity index (χ0v) is 14.9. The topological polar surface area (TPSA) is 32.7 Å². The number of halogens is 2. The Morgan fingerprint density at radius 1 is 0.889 bits per heavy atom. The van der Waals surface area contributed by atoms with Gasteiger partial charge in [0.2, 0.25) is 0 Å². The lowest BCUT2D eigenvalue weighted by Crippen LogP contribution is -2.32. The molecule has 5 heteroatoms. The average molecular weight is 377 g/mol. The van der Waals surface area contributed by atoms with Crippen molar-refractivity contribution in [2.45, 2.75) is 0 Å². The number of nitrogens with zero attached hydrogens (tertiary/aromatic N) is 2. The van der Waals surface area contributed by atoms with Gasteiger partial charge < -0.3 is 0 Å². The molecule has 0 aliphatic carbocycles. The molecule has 27 heavy (non-hydrogen) atoms. The predicted molar refractivity (Wildman–Crippen MR) is 106 cm³/mol. The first-order valence-electron chi connectivity index (χ1n) is 8.34. The average Bonchev–Trinajstić information content (AvgIpc) is 3.01. The molecule has 132 valence electrons. The summed E-state index contributed by atoms with van der Waals surface area (Å²) in [5, 5.41) is 0.507. The fourth-order valence-corrected chi connectivity index (χ4v) is 3.09. The normalized spacial score (nSPS) is 15.3. The molecule has 0 radical (unpaired) electrons. The minimum atomic E-state index is -0.332. The molecule has 0 saturated carbocycles. The summed E-state index contributed by atoms with van der Waals surface area (Å²) in [6.45, 7) is 0. The van der Waals surface area contributed by atoms with E-state index in [2.05, 4.69) is 4.99 Å². The van der Waals surface area contributed by atoms with Crippen molar-refractivity contribution in [1.29, 1.82) is 0 Å². The van der Waals surface area contributed by atoms with Gasteiger partial charge in [0.15, 0.2) is 0 Å². The molecule has 1 heterocycles. The number of aliphatic imine (C=N–C) groups is 1. The molecule has 4 rings (SSSR count). The van der Waals surface area contributed by atoms with Gasteiger partial charge in [-0.3, -0.25) is 9.69 Å². The van der Waals surface area contributed by atoms with E-state index in [1.807, 2.05) is 48.5 Å². The molecule has 0 saturated heterocycles. The second-order valence-electron chi connectivity index (χ2n) is 5.97. The van der Waals surface area contributed by atoms with Gasteiger partial charge in [0, 0.05) is 5.56 Å². The number of hydrogen-bond donors (Lipinski definition) is 0. The van der Waals surface area contributed by atoms with E-state index in [0.29, 0.717) is 27.7 Å². The first-order chi connectivity index (χ1) is 13.1. The van der Waals surface area contributed by atoms with Gasteiger partial charge in [-0.1, -0.05) is 54.1 Å². The molecule has 3 aromatic carbocycles. The Kier molecular flexibility index (Phi) is 4.57. The van der Waals surface area contributed by atoms with Crippen molar-refractivity contribution in [3.8, 4) is 0 Å². The number of carbonyl (C=O) groups excluding carboxylic acids is 1. The third-order valence-corrected chi connectivity index (χ3v) is 4.49.